The summed E-state index contributed by atoms with van der Waals surface area (Å²) in [5.41, 5.74) is 5.65. The number of carbonyl (C=O) groups is 1. The Morgan fingerprint density at radius 3 is 2.88 bits per heavy atom. The molecule has 0 aromatic carbocycles. The Morgan fingerprint density at radius 2 is 2.35 bits per heavy atom. The third-order valence-corrected chi connectivity index (χ3v) is 2.56. The fourth-order valence-electron chi connectivity index (χ4n) is 1.78. The van der Waals surface area contributed by atoms with Crippen molar-refractivity contribution in [2.75, 3.05) is 6.54 Å². The molecule has 0 saturated heterocycles. The third-order valence-electron chi connectivity index (χ3n) is 2.56. The highest BCUT2D eigenvalue weighted by Gasteiger charge is 2.14. The number of aromatic nitrogens is 1. The summed E-state index contributed by atoms with van der Waals surface area (Å²) in [6, 6.07) is 1.73. The molecule has 0 aliphatic heterocycles. The number of carbonyl (C=O) groups excluding carboxylic acids is 1. The van der Waals surface area contributed by atoms with E-state index in [0.29, 0.717) is 31.2 Å². The van der Waals surface area contributed by atoms with Crippen molar-refractivity contribution in [1.82, 2.24) is 10.5 Å². The largest absolute Gasteiger partial charge is 0.360 e. The monoisotopic (exact) mass is 239 g/mol. The maximum atomic E-state index is 11.7. The Hall–Kier alpha value is -1.36. The lowest BCUT2D eigenvalue weighted by atomic mass is 9.94. The van der Waals surface area contributed by atoms with Crippen molar-refractivity contribution in [2.45, 2.75) is 33.2 Å². The van der Waals surface area contributed by atoms with Gasteiger partial charge in [0.15, 0.2) is 5.76 Å². The molecule has 1 aromatic heterocycles. The number of amides is 1. The van der Waals surface area contributed by atoms with E-state index in [0.717, 1.165) is 6.42 Å². The first kappa shape index (κ1) is 13.7. The molecule has 1 rings (SSSR count). The average Bonchev–Trinajstić information content (AvgIpc) is 2.77. The second kappa shape index (κ2) is 7.06. The van der Waals surface area contributed by atoms with Crippen molar-refractivity contribution in [1.29, 1.82) is 0 Å². The maximum absolute atomic E-state index is 11.7. The summed E-state index contributed by atoms with van der Waals surface area (Å²) in [6.07, 6.45) is 3.01. The minimum Gasteiger partial charge on any atom is -0.360 e. The minimum absolute atomic E-state index is 0.0116. The molecule has 1 unspecified atom stereocenters. The molecular formula is C12H21N3O2. The van der Waals surface area contributed by atoms with E-state index in [1.165, 1.54) is 0 Å². The van der Waals surface area contributed by atoms with Gasteiger partial charge < -0.3 is 15.6 Å². The number of hydrogen-bond acceptors (Lipinski definition) is 4. The first-order valence-corrected chi connectivity index (χ1v) is 5.98. The Bertz CT molecular complexity index is 323. The van der Waals surface area contributed by atoms with Crippen molar-refractivity contribution in [2.24, 2.45) is 17.6 Å². The van der Waals surface area contributed by atoms with E-state index in [1.807, 2.05) is 0 Å². The lowest BCUT2D eigenvalue weighted by Crippen LogP contribution is -2.28. The van der Waals surface area contributed by atoms with Crippen LogP contribution >= 0.6 is 0 Å². The summed E-state index contributed by atoms with van der Waals surface area (Å²) in [5.74, 6) is 1.49. The molecule has 1 atom stereocenters. The second-order valence-electron chi connectivity index (χ2n) is 4.69. The smallest absolute Gasteiger partial charge is 0.220 e. The third kappa shape index (κ3) is 5.49. The molecule has 1 amide bonds. The van der Waals surface area contributed by atoms with Gasteiger partial charge in [0.2, 0.25) is 5.91 Å². The highest BCUT2D eigenvalue weighted by molar-refractivity contribution is 5.76. The van der Waals surface area contributed by atoms with Crippen molar-refractivity contribution in [3.63, 3.8) is 0 Å². The zero-order valence-electron chi connectivity index (χ0n) is 10.5. The summed E-state index contributed by atoms with van der Waals surface area (Å²) in [7, 11) is 0. The van der Waals surface area contributed by atoms with E-state index in [2.05, 4.69) is 24.3 Å². The van der Waals surface area contributed by atoms with Crippen LogP contribution < -0.4 is 11.1 Å². The van der Waals surface area contributed by atoms with Gasteiger partial charge >= 0.3 is 0 Å². The molecule has 96 valence electrons. The highest BCUT2D eigenvalue weighted by atomic mass is 16.5. The Balaban J connectivity index is 2.27. The lowest BCUT2D eigenvalue weighted by molar-refractivity contribution is -0.122. The van der Waals surface area contributed by atoms with Crippen molar-refractivity contribution in [3.8, 4) is 0 Å². The first-order chi connectivity index (χ1) is 8.11. The van der Waals surface area contributed by atoms with E-state index < -0.39 is 0 Å². The van der Waals surface area contributed by atoms with Crippen molar-refractivity contribution < 1.29 is 9.32 Å². The van der Waals surface area contributed by atoms with Crippen molar-refractivity contribution in [3.05, 3.63) is 18.0 Å². The van der Waals surface area contributed by atoms with Gasteiger partial charge in [-0.15, -0.1) is 0 Å². The van der Waals surface area contributed by atoms with E-state index in [-0.39, 0.29) is 11.8 Å². The fraction of sp³-hybridized carbons (Fsp3) is 0.667. The maximum Gasteiger partial charge on any atom is 0.220 e. The van der Waals surface area contributed by atoms with Crippen LogP contribution in [0.2, 0.25) is 0 Å². The molecule has 0 saturated carbocycles. The number of nitrogens with zero attached hydrogens (tertiary/aromatic N) is 1. The summed E-state index contributed by atoms with van der Waals surface area (Å²) >= 11 is 0. The number of nitrogens with two attached hydrogens (primary N) is 1. The fourth-order valence-corrected chi connectivity index (χ4v) is 1.78. The van der Waals surface area contributed by atoms with Crippen LogP contribution in [0, 0.1) is 11.8 Å². The molecule has 17 heavy (non-hydrogen) atoms. The van der Waals surface area contributed by atoms with Crippen LogP contribution in [-0.2, 0) is 11.3 Å². The molecule has 0 aliphatic carbocycles. The van der Waals surface area contributed by atoms with Gasteiger partial charge in [0, 0.05) is 12.5 Å². The lowest BCUT2D eigenvalue weighted by Gasteiger charge is -2.16. The SMILES string of the molecule is CC(C)CC(CN)CC(=O)NCc1ccno1. The number of rotatable bonds is 7. The highest BCUT2D eigenvalue weighted by Crippen LogP contribution is 2.14. The standard InChI is InChI=1S/C12H21N3O2/c1-9(2)5-10(7-13)6-12(16)14-8-11-3-4-15-17-11/h3-4,9-10H,5-8,13H2,1-2H3,(H,14,16). The van der Waals surface area contributed by atoms with Crippen LogP contribution in [-0.4, -0.2) is 17.6 Å². The molecule has 5 nitrogen and oxygen atoms in total. The van der Waals surface area contributed by atoms with Crippen LogP contribution in [0.15, 0.2) is 16.8 Å². The minimum atomic E-state index is 0.0116. The first-order valence-electron chi connectivity index (χ1n) is 5.98. The molecule has 0 fully saturated rings. The van der Waals surface area contributed by atoms with Gasteiger partial charge in [-0.2, -0.15) is 0 Å². The Kier molecular flexibility index (Phi) is 5.69. The predicted octanol–water partition coefficient (Wildman–Crippen LogP) is 1.30. The molecular weight excluding hydrogens is 218 g/mol. The molecule has 0 aliphatic rings. The van der Waals surface area contributed by atoms with Crippen LogP contribution in [0.4, 0.5) is 0 Å². The van der Waals surface area contributed by atoms with E-state index in [4.69, 9.17) is 10.3 Å². The van der Waals surface area contributed by atoms with E-state index in [9.17, 15) is 4.79 Å². The zero-order valence-corrected chi connectivity index (χ0v) is 10.5. The van der Waals surface area contributed by atoms with E-state index in [1.54, 1.807) is 12.3 Å². The molecule has 3 N–H and O–H groups in total. The van der Waals surface area contributed by atoms with Gasteiger partial charge in [0.1, 0.15) is 0 Å². The second-order valence-corrected chi connectivity index (χ2v) is 4.69. The van der Waals surface area contributed by atoms with E-state index >= 15 is 0 Å². The molecule has 0 radical (unpaired) electrons. The summed E-state index contributed by atoms with van der Waals surface area (Å²) < 4.78 is 4.89. The average molecular weight is 239 g/mol. The summed E-state index contributed by atoms with van der Waals surface area (Å²) in [6.45, 7) is 5.20. The van der Waals surface area contributed by atoms with Gasteiger partial charge in [-0.1, -0.05) is 19.0 Å². The normalized spacial score (nSPS) is 12.7. The molecule has 0 bridgehead atoms. The van der Waals surface area contributed by atoms with Gasteiger partial charge in [-0.25, -0.2) is 0 Å². The quantitative estimate of drug-likeness (QED) is 0.751. The van der Waals surface area contributed by atoms with Crippen LogP contribution in [0.3, 0.4) is 0 Å². The van der Waals surface area contributed by atoms with Gasteiger partial charge in [0.25, 0.3) is 0 Å². The Morgan fingerprint density at radius 1 is 1.59 bits per heavy atom. The summed E-state index contributed by atoms with van der Waals surface area (Å²) in [5, 5.41) is 6.37. The topological polar surface area (TPSA) is 81.2 Å². The number of hydrogen-bond donors (Lipinski definition) is 2. The van der Waals surface area contributed by atoms with Gasteiger partial charge in [0.05, 0.1) is 12.7 Å². The molecule has 5 heteroatoms. The van der Waals surface area contributed by atoms with Crippen molar-refractivity contribution >= 4 is 5.91 Å². The van der Waals surface area contributed by atoms with Gasteiger partial charge in [-0.3, -0.25) is 4.79 Å². The Labute approximate surface area is 102 Å². The predicted molar refractivity (Wildman–Crippen MR) is 65.0 cm³/mol. The van der Waals surface area contributed by atoms with Crippen LogP contribution in [0.25, 0.3) is 0 Å². The van der Waals surface area contributed by atoms with Crippen LogP contribution in [0.1, 0.15) is 32.4 Å². The molecule has 1 heterocycles. The molecule has 1 aromatic rings. The summed E-state index contributed by atoms with van der Waals surface area (Å²) in [4.78, 5) is 11.7. The van der Waals surface area contributed by atoms with Gasteiger partial charge in [-0.05, 0) is 24.8 Å². The zero-order chi connectivity index (χ0) is 12.7. The van der Waals surface area contributed by atoms with Crippen LogP contribution in [0.5, 0.6) is 0 Å². The molecule has 0 spiro atoms. The number of nitrogens with one attached hydrogen (secondary N) is 1.